The van der Waals surface area contributed by atoms with Crippen molar-refractivity contribution < 1.29 is 4.57 Å². The summed E-state index contributed by atoms with van der Waals surface area (Å²) in [6.07, 6.45) is 1.11. The second-order valence-electron chi connectivity index (χ2n) is 7.65. The van der Waals surface area contributed by atoms with Crippen LogP contribution in [-0.4, -0.2) is 13.1 Å². The molecule has 0 saturated carbocycles. The molecule has 1 fully saturated rings. The number of hydrogen-bond acceptors (Lipinski definition) is 2. The minimum Gasteiger partial charge on any atom is -0.306 e. The van der Waals surface area contributed by atoms with Gasteiger partial charge in [-0.2, -0.15) is 5.26 Å². The lowest BCUT2D eigenvalue weighted by molar-refractivity contribution is 0.547. The van der Waals surface area contributed by atoms with E-state index in [1.165, 1.54) is 0 Å². The first-order valence-electron chi connectivity index (χ1n) is 10.3. The van der Waals surface area contributed by atoms with E-state index in [2.05, 4.69) is 15.4 Å². The number of para-hydroxylation sites is 2. The summed E-state index contributed by atoms with van der Waals surface area (Å²) in [7, 11) is -3.20. The average molecular weight is 415 g/mol. The molecule has 1 heterocycles. The Balaban J connectivity index is 1.90. The normalized spacial score (nSPS) is 16.7. The molecule has 3 aromatic carbocycles. The molecule has 1 saturated heterocycles. The van der Waals surface area contributed by atoms with Gasteiger partial charge in [0.1, 0.15) is 0 Å². The Morgan fingerprint density at radius 3 is 1.83 bits per heavy atom. The van der Waals surface area contributed by atoms with E-state index in [9.17, 15) is 5.26 Å². The molecule has 1 atom stereocenters. The summed E-state index contributed by atoms with van der Waals surface area (Å²) in [6, 6.07) is 30.4. The van der Waals surface area contributed by atoms with E-state index in [4.69, 9.17) is 0 Å². The first-order valence-corrected chi connectivity index (χ1v) is 12.0. The van der Waals surface area contributed by atoms with Crippen molar-refractivity contribution in [3.8, 4) is 6.07 Å². The van der Waals surface area contributed by atoms with Crippen LogP contribution in [0.25, 0.3) is 0 Å². The summed E-state index contributed by atoms with van der Waals surface area (Å²) >= 11 is 0. The molecular weight excluding hydrogens is 389 g/mol. The van der Waals surface area contributed by atoms with Gasteiger partial charge in [0.15, 0.2) is 0 Å². The van der Waals surface area contributed by atoms with Crippen LogP contribution in [0.2, 0.25) is 0 Å². The number of nitrogens with zero attached hydrogens (tertiary/aromatic N) is 3. The molecule has 0 radical (unpaired) electrons. The molecule has 4 rings (SSSR count). The molecule has 0 amide bonds. The number of anilines is 2. The van der Waals surface area contributed by atoms with E-state index < -0.39 is 13.1 Å². The zero-order chi connectivity index (χ0) is 21.0. The number of aryl methyl sites for hydroxylation is 1. The minimum atomic E-state index is -3.20. The predicted molar refractivity (Wildman–Crippen MR) is 124 cm³/mol. The van der Waals surface area contributed by atoms with Crippen molar-refractivity contribution in [3.05, 3.63) is 96.1 Å². The quantitative estimate of drug-likeness (QED) is 0.443. The highest BCUT2D eigenvalue weighted by Gasteiger charge is 2.47. The van der Waals surface area contributed by atoms with Crippen LogP contribution in [0.4, 0.5) is 11.4 Å². The van der Waals surface area contributed by atoms with Gasteiger partial charge < -0.3 is 9.34 Å². The third-order valence-electron chi connectivity index (χ3n) is 5.69. The first-order chi connectivity index (χ1) is 14.6. The van der Waals surface area contributed by atoms with Crippen molar-refractivity contribution in [2.75, 3.05) is 22.4 Å². The lowest BCUT2D eigenvalue weighted by atomic mass is 10.1. The van der Waals surface area contributed by atoms with Gasteiger partial charge in [0.25, 0.3) is 7.44 Å². The highest BCUT2D eigenvalue weighted by Crippen LogP contribution is 2.68. The topological polar surface area (TPSA) is 47.3 Å². The first kappa shape index (κ1) is 20.3. The molecule has 1 aliphatic rings. The fourth-order valence-corrected chi connectivity index (χ4v) is 7.82. The molecule has 0 N–H and O–H groups in total. The van der Waals surface area contributed by atoms with Crippen molar-refractivity contribution in [1.82, 2.24) is 0 Å². The van der Waals surface area contributed by atoms with Crippen molar-refractivity contribution in [3.63, 3.8) is 0 Å². The molecule has 0 bridgehead atoms. The van der Waals surface area contributed by atoms with Gasteiger partial charge in [0, 0.05) is 24.5 Å². The smallest absolute Gasteiger partial charge is 0.271 e. The maximum Gasteiger partial charge on any atom is 0.271 e. The lowest BCUT2D eigenvalue weighted by Gasteiger charge is -2.48. The molecule has 5 heteroatoms. The molecule has 4 nitrogen and oxygen atoms in total. The number of nitriles is 1. The maximum absolute atomic E-state index is 15.2. The fourth-order valence-electron chi connectivity index (χ4n) is 4.22. The summed E-state index contributed by atoms with van der Waals surface area (Å²) in [5.74, 6) is 0. The fraction of sp³-hybridized carbons (Fsp3) is 0.240. The van der Waals surface area contributed by atoms with Crippen LogP contribution in [0, 0.1) is 18.3 Å². The molecule has 0 spiro atoms. The summed E-state index contributed by atoms with van der Waals surface area (Å²) in [5.41, 5.74) is 3.59. The van der Waals surface area contributed by atoms with E-state index in [1.54, 1.807) is 0 Å². The van der Waals surface area contributed by atoms with E-state index in [0.29, 0.717) is 13.1 Å². The van der Waals surface area contributed by atoms with Gasteiger partial charge in [-0.05, 0) is 43.2 Å². The van der Waals surface area contributed by atoms with Crippen molar-refractivity contribution in [1.29, 1.82) is 5.26 Å². The van der Waals surface area contributed by atoms with Crippen molar-refractivity contribution in [2.24, 2.45) is 0 Å². The van der Waals surface area contributed by atoms with Crippen LogP contribution in [0.15, 0.2) is 84.9 Å². The van der Waals surface area contributed by atoms with E-state index in [-0.39, 0.29) is 6.42 Å². The van der Waals surface area contributed by atoms with Gasteiger partial charge in [-0.3, -0.25) is 4.57 Å². The number of rotatable bonds is 5. The molecular formula is C25H26N3OP. The summed E-state index contributed by atoms with van der Waals surface area (Å²) in [4.78, 5) is 0. The molecule has 1 unspecified atom stereocenters. The zero-order valence-electron chi connectivity index (χ0n) is 17.2. The Morgan fingerprint density at radius 1 is 0.867 bits per heavy atom. The summed E-state index contributed by atoms with van der Waals surface area (Å²) < 4.78 is 19.3. The Kier molecular flexibility index (Phi) is 5.93. The van der Waals surface area contributed by atoms with Gasteiger partial charge in [-0.1, -0.05) is 66.2 Å². The van der Waals surface area contributed by atoms with E-state index in [1.807, 2.05) is 91.9 Å². The Hall–Kier alpha value is -3.02. The highest BCUT2D eigenvalue weighted by atomic mass is 31.2. The molecule has 0 aromatic heterocycles. The van der Waals surface area contributed by atoms with Crippen LogP contribution < -0.4 is 9.34 Å². The standard InChI is InChI=1S/C25H26N3OP/c1-21-13-15-22(16-14-21)25(17-18-26)30(29)27(23-9-4-2-5-10-23)19-8-20-28(30)24-11-6-3-7-12-24/h2-7,9-16,25H,8,17,19-20H2,1H3. The number of hydrogen-bond donors (Lipinski definition) is 0. The second-order valence-corrected chi connectivity index (χ2v) is 10.4. The van der Waals surface area contributed by atoms with Crippen LogP contribution in [0.5, 0.6) is 0 Å². The maximum atomic E-state index is 15.2. The second kappa shape index (κ2) is 8.78. The van der Waals surface area contributed by atoms with Crippen LogP contribution in [0.1, 0.15) is 29.6 Å². The molecule has 3 aromatic rings. The molecule has 0 aliphatic carbocycles. The van der Waals surface area contributed by atoms with E-state index in [0.717, 1.165) is 28.9 Å². The van der Waals surface area contributed by atoms with Gasteiger partial charge in [0.2, 0.25) is 0 Å². The van der Waals surface area contributed by atoms with E-state index >= 15 is 4.57 Å². The Bertz CT molecular complexity index is 1010. The molecule has 30 heavy (non-hydrogen) atoms. The van der Waals surface area contributed by atoms with Gasteiger partial charge >= 0.3 is 0 Å². The Morgan fingerprint density at radius 2 is 1.37 bits per heavy atom. The molecule has 1 aliphatic heterocycles. The minimum absolute atomic E-state index is 0.201. The van der Waals surface area contributed by atoms with Crippen LogP contribution >= 0.6 is 7.44 Å². The predicted octanol–water partition coefficient (Wildman–Crippen LogP) is 6.56. The Labute approximate surface area is 178 Å². The van der Waals surface area contributed by atoms with Gasteiger partial charge in [-0.15, -0.1) is 0 Å². The monoisotopic (exact) mass is 415 g/mol. The van der Waals surface area contributed by atoms with Gasteiger partial charge in [0.05, 0.1) is 18.1 Å². The SMILES string of the molecule is Cc1ccc(C(CC#N)P2(=O)N(c3ccccc3)CCCN2c2ccccc2)cc1. The van der Waals surface area contributed by atoms with Crippen LogP contribution in [-0.2, 0) is 4.57 Å². The van der Waals surface area contributed by atoms with Gasteiger partial charge in [-0.25, -0.2) is 0 Å². The summed E-state index contributed by atoms with van der Waals surface area (Å²) in [5, 5.41) is 9.70. The summed E-state index contributed by atoms with van der Waals surface area (Å²) in [6.45, 7) is 3.45. The van der Waals surface area contributed by atoms with Crippen molar-refractivity contribution >= 4 is 18.8 Å². The van der Waals surface area contributed by atoms with Crippen LogP contribution in [0.3, 0.4) is 0 Å². The molecule has 152 valence electrons. The van der Waals surface area contributed by atoms with Crippen molar-refractivity contribution in [2.45, 2.75) is 25.4 Å². The average Bonchev–Trinajstić information content (AvgIpc) is 2.79. The zero-order valence-corrected chi connectivity index (χ0v) is 18.1. The third-order valence-corrected chi connectivity index (χ3v) is 9.23. The number of benzene rings is 3. The third kappa shape index (κ3) is 3.74. The largest absolute Gasteiger partial charge is 0.306 e. The lowest BCUT2D eigenvalue weighted by Crippen LogP contribution is -2.41. The highest BCUT2D eigenvalue weighted by molar-refractivity contribution is 7.67.